The van der Waals surface area contributed by atoms with Gasteiger partial charge in [0, 0.05) is 11.4 Å². The van der Waals surface area contributed by atoms with Gasteiger partial charge in [0.1, 0.15) is 4.90 Å². The Kier molecular flexibility index (Phi) is 3.48. The van der Waals surface area contributed by atoms with Gasteiger partial charge in [0.25, 0.3) is 0 Å². The Labute approximate surface area is 129 Å². The smallest absolute Gasteiger partial charge is 0.212 e. The number of rotatable bonds is 3. The van der Waals surface area contributed by atoms with E-state index in [9.17, 15) is 8.42 Å². The lowest BCUT2D eigenvalue weighted by molar-refractivity contribution is 0.595. The molecule has 2 aromatic heterocycles. The van der Waals surface area contributed by atoms with Crippen molar-refractivity contribution in [2.75, 3.05) is 0 Å². The van der Waals surface area contributed by atoms with Crippen molar-refractivity contribution in [3.8, 4) is 0 Å². The van der Waals surface area contributed by atoms with Crippen LogP contribution in [0.5, 0.6) is 0 Å². The molecule has 0 spiro atoms. The molecule has 6 heteroatoms. The molecule has 114 valence electrons. The van der Waals surface area contributed by atoms with Crippen molar-refractivity contribution in [1.29, 1.82) is 0 Å². The van der Waals surface area contributed by atoms with Gasteiger partial charge in [-0.3, -0.25) is 0 Å². The summed E-state index contributed by atoms with van der Waals surface area (Å²) in [5.41, 5.74) is 2.59. The summed E-state index contributed by atoms with van der Waals surface area (Å²) in [6, 6.07) is 10.3. The second-order valence-electron chi connectivity index (χ2n) is 5.22. The van der Waals surface area contributed by atoms with Crippen molar-refractivity contribution < 1.29 is 8.42 Å². The van der Waals surface area contributed by atoms with E-state index in [-0.39, 0.29) is 9.79 Å². The first kappa shape index (κ1) is 14.7. The van der Waals surface area contributed by atoms with Gasteiger partial charge in [0.05, 0.1) is 10.6 Å². The van der Waals surface area contributed by atoms with Crippen LogP contribution >= 0.6 is 0 Å². The van der Waals surface area contributed by atoms with Crippen molar-refractivity contribution in [3.63, 3.8) is 0 Å². The maximum absolute atomic E-state index is 13.0. The first-order valence-corrected chi connectivity index (χ1v) is 8.59. The third-order valence-electron chi connectivity index (χ3n) is 3.58. The van der Waals surface area contributed by atoms with Crippen LogP contribution in [0.4, 0.5) is 0 Å². The molecule has 3 aromatic rings. The first-order chi connectivity index (χ1) is 10.4. The standard InChI is InChI=1S/C16H17N3O2S/c1-4-14-15(22(20,21)13-8-6-5-7-9-13)16-17-11(2)10-12(3)19(16)18-14/h5-10H,4H2,1-3H3. The SMILES string of the molecule is CCc1nn2c(C)cc(C)nc2c1S(=O)(=O)c1ccccc1. The summed E-state index contributed by atoms with van der Waals surface area (Å²) in [6.07, 6.45) is 0.531. The van der Waals surface area contributed by atoms with Crippen LogP contribution in [-0.2, 0) is 16.3 Å². The second-order valence-corrected chi connectivity index (χ2v) is 7.11. The molecule has 0 fully saturated rings. The second kappa shape index (κ2) is 5.21. The molecule has 22 heavy (non-hydrogen) atoms. The van der Waals surface area contributed by atoms with E-state index in [0.29, 0.717) is 17.8 Å². The van der Waals surface area contributed by atoms with E-state index in [4.69, 9.17) is 0 Å². The van der Waals surface area contributed by atoms with Crippen LogP contribution < -0.4 is 0 Å². The lowest BCUT2D eigenvalue weighted by Gasteiger charge is -2.05. The molecule has 0 saturated carbocycles. The molecule has 5 nitrogen and oxygen atoms in total. The van der Waals surface area contributed by atoms with Crippen LogP contribution in [0.25, 0.3) is 5.65 Å². The summed E-state index contributed by atoms with van der Waals surface area (Å²) in [5.74, 6) is 0. The predicted molar refractivity (Wildman–Crippen MR) is 83.7 cm³/mol. The van der Waals surface area contributed by atoms with Gasteiger partial charge >= 0.3 is 0 Å². The lowest BCUT2D eigenvalue weighted by Crippen LogP contribution is -2.05. The van der Waals surface area contributed by atoms with Crippen LogP contribution in [0.3, 0.4) is 0 Å². The van der Waals surface area contributed by atoms with Crippen molar-refractivity contribution in [3.05, 3.63) is 53.5 Å². The predicted octanol–water partition coefficient (Wildman–Crippen LogP) is 2.74. The molecule has 0 amide bonds. The number of nitrogens with zero attached hydrogens (tertiary/aromatic N) is 3. The zero-order valence-corrected chi connectivity index (χ0v) is 13.6. The van der Waals surface area contributed by atoms with Gasteiger partial charge in [-0.1, -0.05) is 25.1 Å². The van der Waals surface area contributed by atoms with Crippen molar-refractivity contribution in [2.45, 2.75) is 37.0 Å². The number of fused-ring (bicyclic) bond motifs is 1. The number of hydrogen-bond acceptors (Lipinski definition) is 4. The van der Waals surface area contributed by atoms with E-state index in [1.54, 1.807) is 34.8 Å². The molecule has 0 N–H and O–H groups in total. The first-order valence-electron chi connectivity index (χ1n) is 7.11. The molecule has 2 heterocycles. The maximum Gasteiger partial charge on any atom is 0.212 e. The third kappa shape index (κ3) is 2.20. The molecular formula is C16H17N3O2S. The Bertz CT molecular complexity index is 944. The molecule has 0 aliphatic rings. The summed E-state index contributed by atoms with van der Waals surface area (Å²) in [4.78, 5) is 4.90. The molecule has 0 bridgehead atoms. The van der Waals surface area contributed by atoms with Crippen LogP contribution in [0.1, 0.15) is 24.0 Å². The van der Waals surface area contributed by atoms with Crippen molar-refractivity contribution in [2.24, 2.45) is 0 Å². The zero-order chi connectivity index (χ0) is 15.9. The molecule has 0 saturated heterocycles. The largest absolute Gasteiger partial charge is 0.233 e. The van der Waals surface area contributed by atoms with Gasteiger partial charge in [-0.25, -0.2) is 17.9 Å². The van der Waals surface area contributed by atoms with Gasteiger partial charge in [-0.15, -0.1) is 0 Å². The fourth-order valence-corrected chi connectivity index (χ4v) is 4.19. The Hall–Kier alpha value is -2.21. The zero-order valence-electron chi connectivity index (χ0n) is 12.7. The highest BCUT2D eigenvalue weighted by Crippen LogP contribution is 2.28. The summed E-state index contributed by atoms with van der Waals surface area (Å²) in [5, 5.41) is 4.44. The number of aromatic nitrogens is 3. The van der Waals surface area contributed by atoms with Crippen LogP contribution in [0.2, 0.25) is 0 Å². The number of benzene rings is 1. The van der Waals surface area contributed by atoms with E-state index in [0.717, 1.165) is 11.4 Å². The Morgan fingerprint density at radius 2 is 1.82 bits per heavy atom. The summed E-state index contributed by atoms with van der Waals surface area (Å²) in [6.45, 7) is 5.64. The summed E-state index contributed by atoms with van der Waals surface area (Å²) < 4.78 is 27.6. The third-order valence-corrected chi connectivity index (χ3v) is 5.43. The van der Waals surface area contributed by atoms with Gasteiger partial charge in [-0.05, 0) is 38.5 Å². The summed E-state index contributed by atoms with van der Waals surface area (Å²) >= 11 is 0. The molecule has 0 unspecified atom stereocenters. The molecule has 0 radical (unpaired) electrons. The average Bonchev–Trinajstić information content (AvgIpc) is 2.87. The van der Waals surface area contributed by atoms with Gasteiger partial charge in [-0.2, -0.15) is 5.10 Å². The summed E-state index contributed by atoms with van der Waals surface area (Å²) in [7, 11) is -3.64. The minimum Gasteiger partial charge on any atom is -0.233 e. The quantitative estimate of drug-likeness (QED) is 0.745. The van der Waals surface area contributed by atoms with E-state index >= 15 is 0 Å². The highest BCUT2D eigenvalue weighted by Gasteiger charge is 2.28. The molecule has 3 rings (SSSR count). The fourth-order valence-electron chi connectivity index (χ4n) is 2.57. The molecule has 0 atom stereocenters. The fraction of sp³-hybridized carbons (Fsp3) is 0.250. The highest BCUT2D eigenvalue weighted by molar-refractivity contribution is 7.91. The van der Waals surface area contributed by atoms with Crippen LogP contribution in [-0.4, -0.2) is 23.0 Å². The van der Waals surface area contributed by atoms with Gasteiger partial charge in [0.2, 0.25) is 9.84 Å². The van der Waals surface area contributed by atoms with Crippen molar-refractivity contribution in [1.82, 2.24) is 14.6 Å². The monoisotopic (exact) mass is 315 g/mol. The lowest BCUT2D eigenvalue weighted by atomic mass is 10.3. The minimum atomic E-state index is -3.64. The average molecular weight is 315 g/mol. The maximum atomic E-state index is 13.0. The molecular weight excluding hydrogens is 298 g/mol. The normalized spacial score (nSPS) is 12.0. The van der Waals surface area contributed by atoms with Crippen LogP contribution in [0, 0.1) is 13.8 Å². The highest BCUT2D eigenvalue weighted by atomic mass is 32.2. The van der Waals surface area contributed by atoms with E-state index in [2.05, 4.69) is 10.1 Å². The molecule has 0 aliphatic heterocycles. The van der Waals surface area contributed by atoms with E-state index in [1.807, 2.05) is 26.8 Å². The van der Waals surface area contributed by atoms with E-state index < -0.39 is 9.84 Å². The Morgan fingerprint density at radius 1 is 1.14 bits per heavy atom. The van der Waals surface area contributed by atoms with Gasteiger partial charge in [0.15, 0.2) is 5.65 Å². The number of sulfone groups is 1. The number of hydrogen-bond donors (Lipinski definition) is 0. The Balaban J connectivity index is 2.40. The van der Waals surface area contributed by atoms with Crippen LogP contribution in [0.15, 0.2) is 46.2 Å². The number of aryl methyl sites for hydroxylation is 3. The van der Waals surface area contributed by atoms with Gasteiger partial charge < -0.3 is 0 Å². The van der Waals surface area contributed by atoms with Crippen molar-refractivity contribution >= 4 is 15.5 Å². The topological polar surface area (TPSA) is 64.3 Å². The minimum absolute atomic E-state index is 0.216. The Morgan fingerprint density at radius 3 is 2.45 bits per heavy atom. The molecule has 1 aromatic carbocycles. The van der Waals surface area contributed by atoms with E-state index in [1.165, 1.54) is 0 Å². The molecule has 0 aliphatic carbocycles.